The molecule has 0 heterocycles. The van der Waals surface area contributed by atoms with E-state index in [1.165, 1.54) is 13.0 Å². The Labute approximate surface area is 211 Å². The van der Waals surface area contributed by atoms with Crippen LogP contribution in [-0.4, -0.2) is 44.6 Å². The molecule has 0 spiro atoms. The first-order valence-corrected chi connectivity index (χ1v) is 12.0. The third-order valence-corrected chi connectivity index (χ3v) is 3.97. The summed E-state index contributed by atoms with van der Waals surface area (Å²) in [5, 5.41) is 8.14. The van der Waals surface area contributed by atoms with Crippen LogP contribution in [0.4, 0.5) is 0 Å². The smallest absolute Gasteiger partial charge is 0.331 e. The predicted octanol–water partition coefficient (Wildman–Crippen LogP) is 6.18. The lowest BCUT2D eigenvalue weighted by Crippen LogP contribution is -2.10. The topological polar surface area (TPSA) is 203 Å². The van der Waals surface area contributed by atoms with Crippen molar-refractivity contribution in [3.63, 3.8) is 0 Å². The Hall–Kier alpha value is -2.80. The fourth-order valence-corrected chi connectivity index (χ4v) is 1.89. The SMILES string of the molecule is CCCCC(=O)C(C)=[N+]=[N-].CCCCC(C)=O.CCCCC=C=O.CCCCCC(=O)O.O.[N-]=N. The van der Waals surface area contributed by atoms with Crippen molar-refractivity contribution in [2.75, 3.05) is 0 Å². The van der Waals surface area contributed by atoms with E-state index < -0.39 is 5.97 Å². The Kier molecular flexibility index (Phi) is 58.5. The average Bonchev–Trinajstić information content (AvgIpc) is 2.83. The standard InChI is InChI=1S/C7H12N2O.C6H12O2.C6H12O.C6H10O.HN2.H2O/c1-3-4-5-7(10)6(2)9-8;1-2-3-4-5-6(7)8;1-3-4-5-6(2)7;1-2-3-4-5-6-7;1-2;/h3-5H2,1-2H3;2-5H2,1H3,(H,7,8);3-5H2,1-2H3;5H,2-4H2,1H3;1H;1H2/q;;;;-1;. The number of carbonyl (C=O) groups is 3. The van der Waals surface area contributed by atoms with Gasteiger partial charge in [-0.1, -0.05) is 59.8 Å². The van der Waals surface area contributed by atoms with Gasteiger partial charge >= 0.3 is 11.7 Å². The molecular weight excluding hydrogens is 452 g/mol. The zero-order chi connectivity index (χ0) is 27.6. The molecule has 35 heavy (non-hydrogen) atoms. The van der Waals surface area contributed by atoms with E-state index in [1.807, 2.05) is 6.92 Å². The van der Waals surface area contributed by atoms with Crippen LogP contribution >= 0.6 is 0 Å². The van der Waals surface area contributed by atoms with Crippen molar-refractivity contribution >= 4 is 29.2 Å². The molecular formula is C25H49N4O6-. The van der Waals surface area contributed by atoms with Crippen LogP contribution in [0.1, 0.15) is 125 Å². The Balaban J connectivity index is -0.0000000782. The predicted molar refractivity (Wildman–Crippen MR) is 140 cm³/mol. The number of ketones is 2. The van der Waals surface area contributed by atoms with Gasteiger partial charge < -0.3 is 32.0 Å². The molecule has 0 saturated carbocycles. The molecule has 0 fully saturated rings. The van der Waals surface area contributed by atoms with Crippen LogP contribution in [0.5, 0.6) is 0 Å². The van der Waals surface area contributed by atoms with Gasteiger partial charge in [0, 0.05) is 26.2 Å². The summed E-state index contributed by atoms with van der Waals surface area (Å²) < 4.78 is 0. The maximum Gasteiger partial charge on any atom is 0.331 e. The average molecular weight is 502 g/mol. The first kappa shape index (κ1) is 45.7. The first-order valence-electron chi connectivity index (χ1n) is 12.0. The summed E-state index contributed by atoms with van der Waals surface area (Å²) in [6.07, 6.45) is 13.2. The second kappa shape index (κ2) is 44.8. The van der Waals surface area contributed by atoms with Crippen molar-refractivity contribution in [1.29, 1.82) is 5.53 Å². The van der Waals surface area contributed by atoms with Crippen LogP contribution in [0.3, 0.4) is 0 Å². The lowest BCUT2D eigenvalue weighted by molar-refractivity contribution is -0.137. The molecule has 0 bridgehead atoms. The number of nitrogens with zero attached hydrogens (tertiary/aromatic N) is 3. The van der Waals surface area contributed by atoms with Crippen molar-refractivity contribution in [2.24, 2.45) is 0 Å². The third kappa shape index (κ3) is 65.2. The molecule has 0 aliphatic heterocycles. The molecule has 0 aromatic rings. The maximum atomic E-state index is 10.8. The summed E-state index contributed by atoms with van der Waals surface area (Å²) in [7, 11) is 0. The zero-order valence-electron chi connectivity index (χ0n) is 22.7. The van der Waals surface area contributed by atoms with Gasteiger partial charge in [-0.25, -0.2) is 4.79 Å². The molecule has 4 N–H and O–H groups in total. The highest BCUT2D eigenvalue weighted by atomic mass is 16.4. The van der Waals surface area contributed by atoms with E-state index >= 15 is 0 Å². The molecule has 0 radical (unpaired) electrons. The number of hydrogen-bond donors (Lipinski definition) is 2. The lowest BCUT2D eigenvalue weighted by atomic mass is 10.1. The molecule has 0 unspecified atom stereocenters. The van der Waals surface area contributed by atoms with E-state index in [0.29, 0.717) is 18.6 Å². The number of unbranched alkanes of at least 4 members (excludes halogenated alkanes) is 6. The van der Waals surface area contributed by atoms with Crippen LogP contribution in [0.2, 0.25) is 0 Å². The van der Waals surface area contributed by atoms with E-state index in [9.17, 15) is 19.2 Å². The van der Waals surface area contributed by atoms with Gasteiger partial charge in [0.15, 0.2) is 0 Å². The third-order valence-electron chi connectivity index (χ3n) is 3.97. The number of aliphatic carboxylic acids is 1. The fraction of sp³-hybridized carbons (Fsp3) is 0.760. The van der Waals surface area contributed by atoms with Crippen LogP contribution in [-0.2, 0) is 19.2 Å². The number of Topliss-reactive ketones (excluding diaryl/α,β-unsaturated/α-hetero) is 2. The van der Waals surface area contributed by atoms with Crippen LogP contribution in [0.25, 0.3) is 11.1 Å². The molecule has 10 nitrogen and oxygen atoms in total. The summed E-state index contributed by atoms with van der Waals surface area (Å²) >= 11 is 0. The molecule has 10 heteroatoms. The Morgan fingerprint density at radius 3 is 1.60 bits per heavy atom. The largest absolute Gasteiger partial charge is 0.715 e. The summed E-state index contributed by atoms with van der Waals surface area (Å²) in [4.78, 5) is 43.2. The molecule has 0 aliphatic carbocycles. The van der Waals surface area contributed by atoms with Gasteiger partial charge in [0.05, 0.1) is 0 Å². The van der Waals surface area contributed by atoms with Gasteiger partial charge in [0.2, 0.25) is 5.78 Å². The van der Waals surface area contributed by atoms with E-state index in [2.05, 4.69) is 25.6 Å². The highest BCUT2D eigenvalue weighted by Gasteiger charge is 2.11. The van der Waals surface area contributed by atoms with E-state index in [4.69, 9.17) is 21.7 Å². The Morgan fingerprint density at radius 1 is 0.829 bits per heavy atom. The molecule has 0 aromatic heterocycles. The Bertz CT molecular complexity index is 579. The lowest BCUT2D eigenvalue weighted by Gasteiger charge is -1.89. The number of hydrogen-bond acceptors (Lipinski definition) is 5. The highest BCUT2D eigenvalue weighted by Crippen LogP contribution is 1.97. The van der Waals surface area contributed by atoms with Gasteiger partial charge in [-0.2, -0.15) is 4.79 Å². The summed E-state index contributed by atoms with van der Waals surface area (Å²) in [6, 6.07) is 0. The molecule has 0 amide bonds. The highest BCUT2D eigenvalue weighted by molar-refractivity contribution is 6.36. The second-order valence-corrected chi connectivity index (χ2v) is 7.33. The summed E-state index contributed by atoms with van der Waals surface area (Å²) in [5.41, 5.74) is 19.4. The summed E-state index contributed by atoms with van der Waals surface area (Å²) in [6.45, 7) is 11.4. The monoisotopic (exact) mass is 501 g/mol. The van der Waals surface area contributed by atoms with Crippen molar-refractivity contribution in [3.05, 3.63) is 17.1 Å². The molecule has 0 aliphatic rings. The maximum absolute atomic E-state index is 10.8. The number of allylic oxidation sites excluding steroid dienone is 1. The van der Waals surface area contributed by atoms with Gasteiger partial charge in [-0.15, -0.1) is 0 Å². The van der Waals surface area contributed by atoms with Gasteiger partial charge in [0.1, 0.15) is 11.7 Å². The van der Waals surface area contributed by atoms with Crippen LogP contribution < -0.4 is 0 Å². The molecule has 0 atom stereocenters. The van der Waals surface area contributed by atoms with Gasteiger partial charge in [0.25, 0.3) is 0 Å². The zero-order valence-corrected chi connectivity index (χ0v) is 22.7. The number of carboxylic acid groups (broad SMARTS) is 1. The normalized spacial score (nSPS) is 7.94. The Morgan fingerprint density at radius 2 is 1.29 bits per heavy atom. The summed E-state index contributed by atoms with van der Waals surface area (Å²) in [5.74, 6) is 1.29. The van der Waals surface area contributed by atoms with Crippen molar-refractivity contribution in [3.8, 4) is 0 Å². The van der Waals surface area contributed by atoms with Gasteiger partial charge in [-0.3, -0.25) is 9.59 Å². The number of carboxylic acids is 1. The van der Waals surface area contributed by atoms with Gasteiger partial charge in [-0.05, 0) is 45.1 Å². The minimum atomic E-state index is -0.682. The van der Waals surface area contributed by atoms with Crippen molar-refractivity contribution in [2.45, 2.75) is 125 Å². The van der Waals surface area contributed by atoms with Crippen molar-refractivity contribution < 1.29 is 34.6 Å². The molecule has 0 saturated heterocycles. The molecule has 0 rings (SSSR count). The second-order valence-electron chi connectivity index (χ2n) is 7.33. The number of nitrogens with one attached hydrogen (secondary N) is 1. The number of carbonyl (C=O) groups excluding carboxylic acids is 3. The molecule has 0 aromatic carbocycles. The van der Waals surface area contributed by atoms with Crippen molar-refractivity contribution in [1.82, 2.24) is 0 Å². The first-order chi connectivity index (χ1) is 16.2. The quantitative estimate of drug-likeness (QED) is 0.0937. The number of rotatable bonds is 14. The van der Waals surface area contributed by atoms with E-state index in [0.717, 1.165) is 70.6 Å². The van der Waals surface area contributed by atoms with Crippen LogP contribution in [0.15, 0.2) is 6.08 Å². The van der Waals surface area contributed by atoms with E-state index in [1.54, 1.807) is 12.9 Å². The molecule has 206 valence electrons. The van der Waals surface area contributed by atoms with Crippen LogP contribution in [0, 0.1) is 5.53 Å². The van der Waals surface area contributed by atoms with E-state index in [-0.39, 0.29) is 17.0 Å². The minimum absolute atomic E-state index is 0. The minimum Gasteiger partial charge on any atom is -0.715 e. The fourth-order valence-electron chi connectivity index (χ4n) is 1.89.